The molecular formula is C12H17ClN2OS. The molecule has 0 heterocycles. The second-order valence-corrected chi connectivity index (χ2v) is 4.68. The van der Waals surface area contributed by atoms with Crippen molar-refractivity contribution in [2.75, 3.05) is 19.0 Å². The average molecular weight is 273 g/mol. The van der Waals surface area contributed by atoms with Crippen LogP contribution in [-0.4, -0.2) is 24.9 Å². The summed E-state index contributed by atoms with van der Waals surface area (Å²) in [6.07, 6.45) is 0. The van der Waals surface area contributed by atoms with Crippen molar-refractivity contribution < 1.29 is 4.74 Å². The van der Waals surface area contributed by atoms with Crippen LogP contribution in [0.25, 0.3) is 0 Å². The van der Waals surface area contributed by atoms with Crippen molar-refractivity contribution in [1.29, 1.82) is 0 Å². The fourth-order valence-electron chi connectivity index (χ4n) is 1.42. The van der Waals surface area contributed by atoms with Gasteiger partial charge in [-0.25, -0.2) is 0 Å². The second kappa shape index (κ2) is 6.79. The van der Waals surface area contributed by atoms with Gasteiger partial charge in [0.1, 0.15) is 0 Å². The van der Waals surface area contributed by atoms with E-state index < -0.39 is 0 Å². The summed E-state index contributed by atoms with van der Waals surface area (Å²) in [5.41, 5.74) is 1.90. The molecule has 0 aromatic heterocycles. The van der Waals surface area contributed by atoms with Crippen molar-refractivity contribution in [3.05, 3.63) is 28.8 Å². The molecule has 5 heteroatoms. The lowest BCUT2D eigenvalue weighted by molar-refractivity contribution is 0.179. The van der Waals surface area contributed by atoms with E-state index in [1.165, 1.54) is 0 Å². The number of thiocarbonyl (C=S) groups is 1. The zero-order valence-corrected chi connectivity index (χ0v) is 11.8. The second-order valence-electron chi connectivity index (χ2n) is 3.87. The molecule has 0 radical (unpaired) electrons. The van der Waals surface area contributed by atoms with Gasteiger partial charge in [-0.1, -0.05) is 17.7 Å². The Bertz CT molecular complexity index is 398. The van der Waals surface area contributed by atoms with Gasteiger partial charge in [-0.3, -0.25) is 0 Å². The highest BCUT2D eigenvalue weighted by molar-refractivity contribution is 7.80. The summed E-state index contributed by atoms with van der Waals surface area (Å²) >= 11 is 11.2. The summed E-state index contributed by atoms with van der Waals surface area (Å²) in [7, 11) is 1.66. The molecule has 2 N–H and O–H groups in total. The third-order valence-corrected chi connectivity index (χ3v) is 2.94. The minimum absolute atomic E-state index is 0.166. The number of hydrogen-bond donors (Lipinski definition) is 2. The highest BCUT2D eigenvalue weighted by Crippen LogP contribution is 2.22. The number of hydrogen-bond acceptors (Lipinski definition) is 2. The van der Waals surface area contributed by atoms with Crippen LogP contribution < -0.4 is 10.6 Å². The predicted octanol–water partition coefficient (Wildman–Crippen LogP) is 2.97. The van der Waals surface area contributed by atoms with Crippen LogP contribution in [-0.2, 0) is 4.74 Å². The van der Waals surface area contributed by atoms with Gasteiger partial charge in [-0.05, 0) is 43.8 Å². The number of methoxy groups -OCH3 is 1. The van der Waals surface area contributed by atoms with E-state index in [4.69, 9.17) is 28.6 Å². The zero-order valence-electron chi connectivity index (χ0n) is 10.2. The van der Waals surface area contributed by atoms with E-state index in [0.717, 1.165) is 16.3 Å². The van der Waals surface area contributed by atoms with Gasteiger partial charge in [0.05, 0.1) is 6.61 Å². The van der Waals surface area contributed by atoms with Crippen LogP contribution in [0.4, 0.5) is 5.69 Å². The Morgan fingerprint density at radius 2 is 2.24 bits per heavy atom. The van der Waals surface area contributed by atoms with E-state index >= 15 is 0 Å². The molecule has 0 spiro atoms. The van der Waals surface area contributed by atoms with E-state index in [2.05, 4.69) is 10.6 Å². The maximum absolute atomic E-state index is 6.03. The number of ether oxygens (including phenoxy) is 1. The fraction of sp³-hybridized carbons (Fsp3) is 0.417. The SMILES string of the molecule is COC[C@H](C)NC(=S)Nc1cccc(Cl)c1C. The zero-order chi connectivity index (χ0) is 12.8. The van der Waals surface area contributed by atoms with Crippen molar-refractivity contribution in [2.24, 2.45) is 0 Å². The molecule has 1 aromatic rings. The molecule has 0 bridgehead atoms. The van der Waals surface area contributed by atoms with Crippen molar-refractivity contribution in [3.63, 3.8) is 0 Å². The minimum atomic E-state index is 0.166. The number of rotatable bonds is 4. The highest BCUT2D eigenvalue weighted by Gasteiger charge is 2.06. The van der Waals surface area contributed by atoms with Gasteiger partial charge in [0.25, 0.3) is 0 Å². The first-order valence-electron chi connectivity index (χ1n) is 5.36. The lowest BCUT2D eigenvalue weighted by Crippen LogP contribution is -2.38. The minimum Gasteiger partial charge on any atom is -0.383 e. The Hall–Kier alpha value is -0.840. The monoisotopic (exact) mass is 272 g/mol. The van der Waals surface area contributed by atoms with Crippen LogP contribution in [0.3, 0.4) is 0 Å². The van der Waals surface area contributed by atoms with Gasteiger partial charge < -0.3 is 15.4 Å². The first-order valence-corrected chi connectivity index (χ1v) is 6.14. The smallest absolute Gasteiger partial charge is 0.171 e. The van der Waals surface area contributed by atoms with Crippen LogP contribution in [0.15, 0.2) is 18.2 Å². The standard InChI is InChI=1S/C12H17ClN2OS/c1-8(7-16-3)14-12(17)15-11-6-4-5-10(13)9(11)2/h4-6,8H,7H2,1-3H3,(H2,14,15,17)/t8-/m0/s1. The summed E-state index contributed by atoms with van der Waals surface area (Å²) in [4.78, 5) is 0. The van der Waals surface area contributed by atoms with Gasteiger partial charge >= 0.3 is 0 Å². The number of nitrogens with one attached hydrogen (secondary N) is 2. The largest absolute Gasteiger partial charge is 0.383 e. The predicted molar refractivity (Wildman–Crippen MR) is 76.9 cm³/mol. The van der Waals surface area contributed by atoms with Crippen molar-refractivity contribution in [3.8, 4) is 0 Å². The van der Waals surface area contributed by atoms with E-state index in [1.807, 2.05) is 32.0 Å². The summed E-state index contributed by atoms with van der Waals surface area (Å²) in [6.45, 7) is 4.56. The van der Waals surface area contributed by atoms with Gasteiger partial charge in [0, 0.05) is 23.9 Å². The molecule has 3 nitrogen and oxygen atoms in total. The molecule has 0 fully saturated rings. The van der Waals surface area contributed by atoms with Gasteiger partial charge in [-0.15, -0.1) is 0 Å². The Balaban J connectivity index is 2.59. The van der Waals surface area contributed by atoms with Gasteiger partial charge in [0.15, 0.2) is 5.11 Å². The van der Waals surface area contributed by atoms with Crippen LogP contribution in [0, 0.1) is 6.92 Å². The first kappa shape index (κ1) is 14.2. The molecule has 1 atom stereocenters. The van der Waals surface area contributed by atoms with E-state index in [0.29, 0.717) is 11.7 Å². The van der Waals surface area contributed by atoms with Crippen molar-refractivity contribution in [1.82, 2.24) is 5.32 Å². The number of anilines is 1. The summed E-state index contributed by atoms with van der Waals surface area (Å²) in [6, 6.07) is 5.85. The van der Waals surface area contributed by atoms with Gasteiger partial charge in [-0.2, -0.15) is 0 Å². The molecule has 0 aliphatic rings. The summed E-state index contributed by atoms with van der Waals surface area (Å²) in [5.74, 6) is 0. The normalized spacial score (nSPS) is 12.0. The molecule has 17 heavy (non-hydrogen) atoms. The Kier molecular flexibility index (Phi) is 5.68. The molecule has 1 rings (SSSR count). The Labute approximate surface area is 112 Å². The fourth-order valence-corrected chi connectivity index (χ4v) is 1.90. The molecule has 0 saturated heterocycles. The number of benzene rings is 1. The van der Waals surface area contributed by atoms with Crippen molar-refractivity contribution >= 4 is 34.6 Å². The van der Waals surface area contributed by atoms with Crippen LogP contribution in [0.5, 0.6) is 0 Å². The van der Waals surface area contributed by atoms with E-state index in [9.17, 15) is 0 Å². The molecule has 0 saturated carbocycles. The van der Waals surface area contributed by atoms with Crippen LogP contribution >= 0.6 is 23.8 Å². The van der Waals surface area contributed by atoms with Crippen molar-refractivity contribution in [2.45, 2.75) is 19.9 Å². The topological polar surface area (TPSA) is 33.3 Å². The average Bonchev–Trinajstić information content (AvgIpc) is 2.25. The summed E-state index contributed by atoms with van der Waals surface area (Å²) in [5, 5.41) is 7.54. The number of halogens is 1. The quantitative estimate of drug-likeness (QED) is 0.826. The maximum atomic E-state index is 6.03. The van der Waals surface area contributed by atoms with Crippen LogP contribution in [0.2, 0.25) is 5.02 Å². The summed E-state index contributed by atoms with van der Waals surface area (Å²) < 4.78 is 5.03. The first-order chi connectivity index (χ1) is 8.04. The molecule has 94 valence electrons. The maximum Gasteiger partial charge on any atom is 0.171 e. The van der Waals surface area contributed by atoms with E-state index in [1.54, 1.807) is 7.11 Å². The molecule has 0 aliphatic carbocycles. The Morgan fingerprint density at radius 1 is 1.53 bits per heavy atom. The molecule has 1 aromatic carbocycles. The molecule has 0 aliphatic heterocycles. The molecular weight excluding hydrogens is 256 g/mol. The lowest BCUT2D eigenvalue weighted by atomic mass is 10.2. The van der Waals surface area contributed by atoms with E-state index in [-0.39, 0.29) is 6.04 Å². The third-order valence-electron chi connectivity index (χ3n) is 2.31. The Morgan fingerprint density at radius 3 is 2.88 bits per heavy atom. The molecule has 0 unspecified atom stereocenters. The lowest BCUT2D eigenvalue weighted by Gasteiger charge is -2.17. The van der Waals surface area contributed by atoms with Crippen LogP contribution in [0.1, 0.15) is 12.5 Å². The third kappa shape index (κ3) is 4.50. The van der Waals surface area contributed by atoms with Gasteiger partial charge in [0.2, 0.25) is 0 Å². The molecule has 0 amide bonds. The highest BCUT2D eigenvalue weighted by atomic mass is 35.5.